The Morgan fingerprint density at radius 3 is 2.81 bits per heavy atom. The van der Waals surface area contributed by atoms with Crippen LogP contribution in [0, 0.1) is 0 Å². The maximum absolute atomic E-state index is 12.7. The highest BCUT2D eigenvalue weighted by Crippen LogP contribution is 2.41. The molecule has 2 atom stereocenters. The largest absolute Gasteiger partial charge is 0.477 e. The lowest BCUT2D eigenvalue weighted by Crippen LogP contribution is -2.70. The van der Waals surface area contributed by atoms with E-state index in [4.69, 9.17) is 0 Å². The summed E-state index contributed by atoms with van der Waals surface area (Å²) in [6, 6.07) is 1.98. The molecular formula is C16H16N6O6S4. The Kier molecular flexibility index (Phi) is 6.28. The molecule has 2 amide bonds. The standard InChI is InChI=1S/C16H16N6O6S4/c1-21-16(18-19-20-21)31-6-8-5-30-14-11(13(24)22(14)12(8)15(25)26)17-9(23)7-32(27,28)10-3-2-4-29-10/h2-4,11,14H,5-7H2,1H3,(H,17,23)(H,25,26)/t11?,14-/m1/s1. The van der Waals surface area contributed by atoms with Crippen LogP contribution in [0.5, 0.6) is 0 Å². The molecule has 0 saturated carbocycles. The molecular weight excluding hydrogens is 500 g/mol. The van der Waals surface area contributed by atoms with E-state index in [9.17, 15) is 27.9 Å². The summed E-state index contributed by atoms with van der Waals surface area (Å²) in [5.74, 6) is -2.84. The number of aryl methyl sites for hydroxylation is 1. The smallest absolute Gasteiger partial charge is 0.352 e. The van der Waals surface area contributed by atoms with E-state index in [-0.39, 0.29) is 15.7 Å². The van der Waals surface area contributed by atoms with Crippen LogP contribution in [0.2, 0.25) is 0 Å². The number of carbonyl (C=O) groups is 3. The maximum atomic E-state index is 12.7. The fraction of sp³-hybridized carbons (Fsp3) is 0.375. The van der Waals surface area contributed by atoms with Crippen LogP contribution < -0.4 is 5.32 Å². The lowest BCUT2D eigenvalue weighted by molar-refractivity contribution is -0.150. The summed E-state index contributed by atoms with van der Waals surface area (Å²) >= 11 is 3.55. The first-order chi connectivity index (χ1) is 15.2. The first-order valence-electron chi connectivity index (χ1n) is 9.00. The highest BCUT2D eigenvalue weighted by molar-refractivity contribution is 8.01. The van der Waals surface area contributed by atoms with Gasteiger partial charge in [0.05, 0.1) is 0 Å². The van der Waals surface area contributed by atoms with Gasteiger partial charge >= 0.3 is 5.97 Å². The van der Waals surface area contributed by atoms with Crippen molar-refractivity contribution in [2.24, 2.45) is 7.05 Å². The van der Waals surface area contributed by atoms with Gasteiger partial charge in [-0.15, -0.1) is 28.2 Å². The molecule has 0 aliphatic carbocycles. The van der Waals surface area contributed by atoms with Crippen molar-refractivity contribution in [3.63, 3.8) is 0 Å². The average molecular weight is 517 g/mol. The topological polar surface area (TPSA) is 164 Å². The van der Waals surface area contributed by atoms with Crippen molar-refractivity contribution in [3.05, 3.63) is 28.8 Å². The summed E-state index contributed by atoms with van der Waals surface area (Å²) in [6.45, 7) is 0. The van der Waals surface area contributed by atoms with Crippen molar-refractivity contribution in [3.8, 4) is 0 Å². The summed E-state index contributed by atoms with van der Waals surface area (Å²) in [5, 5.41) is 24.7. The molecule has 2 N–H and O–H groups in total. The zero-order chi connectivity index (χ0) is 23.0. The van der Waals surface area contributed by atoms with Crippen LogP contribution in [-0.4, -0.2) is 85.1 Å². The molecule has 2 aliphatic rings. The molecule has 4 rings (SSSR count). The number of carboxylic acid groups (broad SMARTS) is 1. The van der Waals surface area contributed by atoms with Crippen molar-refractivity contribution in [1.82, 2.24) is 30.4 Å². The minimum absolute atomic E-state index is 0.0672. The molecule has 32 heavy (non-hydrogen) atoms. The van der Waals surface area contributed by atoms with Gasteiger partial charge in [-0.1, -0.05) is 17.8 Å². The van der Waals surface area contributed by atoms with Crippen LogP contribution in [-0.2, 0) is 31.3 Å². The van der Waals surface area contributed by atoms with Gasteiger partial charge in [0, 0.05) is 18.6 Å². The number of nitrogens with one attached hydrogen (secondary N) is 1. The molecule has 1 fully saturated rings. The monoisotopic (exact) mass is 516 g/mol. The lowest BCUT2D eigenvalue weighted by Gasteiger charge is -2.49. The second-order valence-electron chi connectivity index (χ2n) is 6.78. The molecule has 2 aliphatic heterocycles. The molecule has 1 unspecified atom stereocenters. The first kappa shape index (κ1) is 22.8. The van der Waals surface area contributed by atoms with Gasteiger partial charge in [-0.2, -0.15) is 0 Å². The summed E-state index contributed by atoms with van der Waals surface area (Å²) in [6.07, 6.45) is 0. The number of hydrogen-bond donors (Lipinski definition) is 2. The lowest BCUT2D eigenvalue weighted by atomic mass is 10.0. The number of aliphatic carboxylic acids is 1. The summed E-state index contributed by atoms with van der Waals surface area (Å²) in [5.41, 5.74) is 0.406. The van der Waals surface area contributed by atoms with Crippen LogP contribution in [0.1, 0.15) is 0 Å². The summed E-state index contributed by atoms with van der Waals surface area (Å²) in [4.78, 5) is 38.0. The quantitative estimate of drug-likeness (QED) is 0.346. The number of carbonyl (C=O) groups excluding carboxylic acids is 2. The van der Waals surface area contributed by atoms with Gasteiger partial charge in [0.1, 0.15) is 27.1 Å². The predicted octanol–water partition coefficient (Wildman–Crippen LogP) is -0.424. The second kappa shape index (κ2) is 8.84. The number of fused-ring (bicyclic) bond motifs is 1. The third-order valence-electron chi connectivity index (χ3n) is 4.65. The van der Waals surface area contributed by atoms with E-state index in [1.165, 1.54) is 34.3 Å². The van der Waals surface area contributed by atoms with Crippen LogP contribution >= 0.6 is 34.9 Å². The van der Waals surface area contributed by atoms with E-state index < -0.39 is 44.8 Å². The molecule has 0 spiro atoms. The van der Waals surface area contributed by atoms with E-state index in [0.29, 0.717) is 16.5 Å². The van der Waals surface area contributed by atoms with Gasteiger partial charge in [0.2, 0.25) is 11.1 Å². The third-order valence-corrected chi connectivity index (χ3v) is 10.2. The van der Waals surface area contributed by atoms with Crippen molar-refractivity contribution < 1.29 is 27.9 Å². The Morgan fingerprint density at radius 2 is 2.19 bits per heavy atom. The van der Waals surface area contributed by atoms with Crippen LogP contribution in [0.25, 0.3) is 0 Å². The van der Waals surface area contributed by atoms with Gasteiger partial charge in [-0.25, -0.2) is 17.9 Å². The summed E-state index contributed by atoms with van der Waals surface area (Å²) in [7, 11) is -2.15. The molecule has 12 nitrogen and oxygen atoms in total. The molecule has 1 saturated heterocycles. The molecule has 0 radical (unpaired) electrons. The number of tetrazole rings is 1. The number of thioether (sulfide) groups is 2. The van der Waals surface area contributed by atoms with E-state index in [1.54, 1.807) is 18.5 Å². The second-order valence-corrected chi connectivity index (χ2v) is 12.0. The van der Waals surface area contributed by atoms with Gasteiger partial charge in [-0.3, -0.25) is 14.5 Å². The number of β-lactam (4-membered cyclic amide) rings is 1. The number of sulfone groups is 1. The fourth-order valence-corrected chi connectivity index (χ4v) is 7.76. The molecule has 16 heteroatoms. The SMILES string of the molecule is Cn1nnnc1SCC1=C(C(=O)O)N2C(=O)C(NC(=O)CS(=O)(=O)c3cccs3)[C@H]2SC1. The Bertz CT molecular complexity index is 1210. The van der Waals surface area contributed by atoms with Crippen LogP contribution in [0.3, 0.4) is 0 Å². The van der Waals surface area contributed by atoms with E-state index in [1.807, 2.05) is 0 Å². The van der Waals surface area contributed by atoms with Gasteiger partial charge in [0.25, 0.3) is 5.91 Å². The number of nitrogens with zero attached hydrogens (tertiary/aromatic N) is 5. The van der Waals surface area contributed by atoms with Gasteiger partial charge in [0.15, 0.2) is 9.84 Å². The Balaban J connectivity index is 1.44. The number of rotatable bonds is 8. The van der Waals surface area contributed by atoms with Crippen LogP contribution in [0.15, 0.2) is 38.1 Å². The average Bonchev–Trinajstić information content (AvgIpc) is 3.41. The van der Waals surface area contributed by atoms with Gasteiger partial charge < -0.3 is 10.4 Å². The molecule has 0 aromatic carbocycles. The number of amides is 2. The zero-order valence-corrected chi connectivity index (χ0v) is 19.6. The van der Waals surface area contributed by atoms with Crippen molar-refractivity contribution in [2.75, 3.05) is 17.3 Å². The van der Waals surface area contributed by atoms with E-state index in [2.05, 4.69) is 20.8 Å². The first-order valence-corrected chi connectivity index (χ1v) is 13.6. The maximum Gasteiger partial charge on any atom is 0.352 e. The number of aromatic nitrogens is 4. The number of thiophene rings is 1. The van der Waals surface area contributed by atoms with Crippen molar-refractivity contribution >= 4 is 62.5 Å². The Hall–Kier alpha value is -2.43. The Morgan fingerprint density at radius 1 is 1.41 bits per heavy atom. The normalized spacial score (nSPS) is 20.7. The van der Waals surface area contributed by atoms with E-state index in [0.717, 1.165) is 16.2 Å². The number of hydrogen-bond acceptors (Lipinski definition) is 11. The van der Waals surface area contributed by atoms with Gasteiger partial charge in [-0.05, 0) is 27.4 Å². The van der Waals surface area contributed by atoms with Crippen molar-refractivity contribution in [1.29, 1.82) is 0 Å². The van der Waals surface area contributed by atoms with Crippen molar-refractivity contribution in [2.45, 2.75) is 20.8 Å². The zero-order valence-electron chi connectivity index (χ0n) is 16.4. The van der Waals surface area contributed by atoms with E-state index >= 15 is 0 Å². The fourth-order valence-electron chi connectivity index (χ4n) is 3.19. The van der Waals surface area contributed by atoms with Crippen LogP contribution in [0.4, 0.5) is 0 Å². The summed E-state index contributed by atoms with van der Waals surface area (Å²) < 4.78 is 26.1. The molecule has 4 heterocycles. The molecule has 2 aromatic rings. The highest BCUT2D eigenvalue weighted by atomic mass is 32.2. The number of carboxylic acids is 1. The third kappa shape index (κ3) is 4.26. The highest BCUT2D eigenvalue weighted by Gasteiger charge is 2.54. The molecule has 2 aromatic heterocycles. The molecule has 170 valence electrons. The minimum atomic E-state index is -3.81. The minimum Gasteiger partial charge on any atom is -0.477 e. The predicted molar refractivity (Wildman–Crippen MR) is 116 cm³/mol. The Labute approximate surface area is 194 Å². The molecule has 0 bridgehead atoms.